The number of rotatable bonds is 4. The van der Waals surface area contributed by atoms with Crippen molar-refractivity contribution in [2.45, 2.75) is 25.3 Å². The molecule has 1 fully saturated rings. The SMILES string of the molecule is CC(C)C1SCC(C(=O)O)N1C(=O)CS(C)(=O)=O. The summed E-state index contributed by atoms with van der Waals surface area (Å²) in [6.45, 7) is 3.76. The van der Waals surface area contributed by atoms with E-state index in [2.05, 4.69) is 0 Å². The van der Waals surface area contributed by atoms with Gasteiger partial charge in [0.05, 0.1) is 5.37 Å². The molecule has 2 unspecified atom stereocenters. The van der Waals surface area contributed by atoms with Gasteiger partial charge in [-0.25, -0.2) is 13.2 Å². The van der Waals surface area contributed by atoms with Crippen molar-refractivity contribution in [2.75, 3.05) is 17.8 Å². The van der Waals surface area contributed by atoms with Crippen molar-refractivity contribution in [3.8, 4) is 0 Å². The molecule has 0 aromatic carbocycles. The van der Waals surface area contributed by atoms with E-state index < -0.39 is 33.5 Å². The molecule has 0 radical (unpaired) electrons. The number of hydrogen-bond acceptors (Lipinski definition) is 5. The maximum Gasteiger partial charge on any atom is 0.327 e. The van der Waals surface area contributed by atoms with E-state index in [0.29, 0.717) is 5.75 Å². The molecule has 1 rings (SSSR count). The van der Waals surface area contributed by atoms with Gasteiger partial charge in [-0.1, -0.05) is 13.8 Å². The third kappa shape index (κ3) is 3.61. The van der Waals surface area contributed by atoms with E-state index in [-0.39, 0.29) is 11.3 Å². The minimum atomic E-state index is -3.45. The van der Waals surface area contributed by atoms with Crippen LogP contribution in [0.25, 0.3) is 0 Å². The van der Waals surface area contributed by atoms with Crippen molar-refractivity contribution in [3.63, 3.8) is 0 Å². The quantitative estimate of drug-likeness (QED) is 0.787. The molecule has 1 amide bonds. The van der Waals surface area contributed by atoms with Crippen LogP contribution in [-0.2, 0) is 19.4 Å². The molecule has 0 aromatic heterocycles. The van der Waals surface area contributed by atoms with Crippen molar-refractivity contribution in [3.05, 3.63) is 0 Å². The second-order valence-corrected chi connectivity index (χ2v) is 7.98. The fraction of sp³-hybridized carbons (Fsp3) is 0.800. The molecular formula is C10H17NO5S2. The number of carbonyl (C=O) groups excluding carboxylic acids is 1. The number of amides is 1. The zero-order valence-electron chi connectivity index (χ0n) is 10.5. The number of aliphatic carboxylic acids is 1. The average Bonchev–Trinajstić information content (AvgIpc) is 2.58. The zero-order valence-corrected chi connectivity index (χ0v) is 12.1. The molecule has 8 heteroatoms. The Morgan fingerprint density at radius 3 is 2.39 bits per heavy atom. The van der Waals surface area contributed by atoms with E-state index in [1.54, 1.807) is 0 Å². The fourth-order valence-electron chi connectivity index (χ4n) is 1.85. The lowest BCUT2D eigenvalue weighted by Crippen LogP contribution is -2.49. The Kier molecular flexibility index (Phi) is 4.66. The number of carbonyl (C=O) groups is 2. The van der Waals surface area contributed by atoms with E-state index in [4.69, 9.17) is 5.11 Å². The second kappa shape index (κ2) is 5.48. The van der Waals surface area contributed by atoms with Gasteiger partial charge in [0.25, 0.3) is 0 Å². The third-order valence-corrected chi connectivity index (χ3v) is 4.96. The minimum absolute atomic E-state index is 0.0721. The van der Waals surface area contributed by atoms with Gasteiger partial charge in [-0.2, -0.15) is 0 Å². The van der Waals surface area contributed by atoms with E-state index in [9.17, 15) is 18.0 Å². The van der Waals surface area contributed by atoms with Crippen LogP contribution in [0, 0.1) is 5.92 Å². The third-order valence-electron chi connectivity index (χ3n) is 2.56. The summed E-state index contributed by atoms with van der Waals surface area (Å²) in [5.74, 6) is -1.99. The van der Waals surface area contributed by atoms with Crippen molar-refractivity contribution in [1.82, 2.24) is 4.90 Å². The van der Waals surface area contributed by atoms with Crippen molar-refractivity contribution in [1.29, 1.82) is 0 Å². The first-order valence-electron chi connectivity index (χ1n) is 5.47. The van der Waals surface area contributed by atoms with Gasteiger partial charge in [-0.15, -0.1) is 11.8 Å². The summed E-state index contributed by atoms with van der Waals surface area (Å²) in [4.78, 5) is 24.3. The number of carboxylic acids is 1. The highest BCUT2D eigenvalue weighted by molar-refractivity contribution is 8.00. The first-order valence-corrected chi connectivity index (χ1v) is 8.57. The number of thioether (sulfide) groups is 1. The van der Waals surface area contributed by atoms with Gasteiger partial charge in [0.2, 0.25) is 5.91 Å². The van der Waals surface area contributed by atoms with Gasteiger partial charge in [0, 0.05) is 12.0 Å². The highest BCUT2D eigenvalue weighted by Gasteiger charge is 2.43. The lowest BCUT2D eigenvalue weighted by Gasteiger charge is -2.29. The molecule has 6 nitrogen and oxygen atoms in total. The van der Waals surface area contributed by atoms with Crippen molar-refractivity contribution in [2.24, 2.45) is 5.92 Å². The number of nitrogens with zero attached hydrogens (tertiary/aromatic N) is 1. The molecule has 104 valence electrons. The summed E-state index contributed by atoms with van der Waals surface area (Å²) >= 11 is 1.38. The second-order valence-electron chi connectivity index (χ2n) is 4.69. The zero-order chi connectivity index (χ0) is 14.1. The molecular weight excluding hydrogens is 278 g/mol. The van der Waals surface area contributed by atoms with Crippen LogP contribution in [-0.4, -0.2) is 59.5 Å². The smallest absolute Gasteiger partial charge is 0.327 e. The maximum absolute atomic E-state index is 12.0. The lowest BCUT2D eigenvalue weighted by atomic mass is 10.1. The number of sulfone groups is 1. The lowest BCUT2D eigenvalue weighted by molar-refractivity contribution is -0.148. The normalized spacial score (nSPS) is 24.6. The topological polar surface area (TPSA) is 91.8 Å². The Bertz CT molecular complexity index is 445. The van der Waals surface area contributed by atoms with Crippen LogP contribution >= 0.6 is 11.8 Å². The summed E-state index contributed by atoms with van der Waals surface area (Å²) in [5.41, 5.74) is 0. The van der Waals surface area contributed by atoms with Gasteiger partial charge in [0.1, 0.15) is 11.8 Å². The Hall–Kier alpha value is -0.760. The van der Waals surface area contributed by atoms with E-state index >= 15 is 0 Å². The standard InChI is InChI=1S/C10H17NO5S2/c1-6(2)9-11(7(4-17-9)10(13)14)8(12)5-18(3,15)16/h6-7,9H,4-5H2,1-3H3,(H,13,14). The first-order chi connectivity index (χ1) is 8.13. The van der Waals surface area contributed by atoms with Crippen LogP contribution in [0.1, 0.15) is 13.8 Å². The highest BCUT2D eigenvalue weighted by Crippen LogP contribution is 2.34. The summed E-state index contributed by atoms with van der Waals surface area (Å²) in [7, 11) is -3.45. The molecule has 1 aliphatic heterocycles. The molecule has 0 spiro atoms. The Morgan fingerprint density at radius 1 is 1.44 bits per heavy atom. The Balaban J connectivity index is 2.96. The molecule has 1 aliphatic rings. The molecule has 1 saturated heterocycles. The minimum Gasteiger partial charge on any atom is -0.480 e. The largest absolute Gasteiger partial charge is 0.480 e. The molecule has 1 heterocycles. The molecule has 18 heavy (non-hydrogen) atoms. The molecule has 0 aromatic rings. The predicted molar refractivity (Wildman–Crippen MR) is 69.1 cm³/mol. The van der Waals surface area contributed by atoms with Crippen LogP contribution in [0.15, 0.2) is 0 Å². The van der Waals surface area contributed by atoms with E-state index in [1.807, 2.05) is 13.8 Å². The van der Waals surface area contributed by atoms with Crippen LogP contribution < -0.4 is 0 Å². The van der Waals surface area contributed by atoms with Gasteiger partial charge >= 0.3 is 5.97 Å². The van der Waals surface area contributed by atoms with Crippen LogP contribution in [0.3, 0.4) is 0 Å². The summed E-state index contributed by atoms with van der Waals surface area (Å²) < 4.78 is 22.3. The number of carboxylic acid groups (broad SMARTS) is 1. The average molecular weight is 295 g/mol. The van der Waals surface area contributed by atoms with Gasteiger partial charge < -0.3 is 10.0 Å². The Morgan fingerprint density at radius 2 is 2.00 bits per heavy atom. The van der Waals surface area contributed by atoms with Crippen molar-refractivity contribution < 1.29 is 23.1 Å². The highest BCUT2D eigenvalue weighted by atomic mass is 32.2. The van der Waals surface area contributed by atoms with Gasteiger partial charge in [-0.05, 0) is 5.92 Å². The Labute approximate surface area is 111 Å². The van der Waals surface area contributed by atoms with Crippen LogP contribution in [0.5, 0.6) is 0 Å². The summed E-state index contributed by atoms with van der Waals surface area (Å²) in [6.07, 6.45) is 0.967. The van der Waals surface area contributed by atoms with Crippen molar-refractivity contribution >= 4 is 33.5 Å². The monoisotopic (exact) mass is 295 g/mol. The maximum atomic E-state index is 12.0. The van der Waals surface area contributed by atoms with Crippen LogP contribution in [0.2, 0.25) is 0 Å². The summed E-state index contributed by atoms with van der Waals surface area (Å²) in [5, 5.41) is 8.80. The number of hydrogen-bond donors (Lipinski definition) is 1. The summed E-state index contributed by atoms with van der Waals surface area (Å²) in [6, 6.07) is -0.934. The van der Waals surface area contributed by atoms with Gasteiger partial charge in [-0.3, -0.25) is 4.79 Å². The van der Waals surface area contributed by atoms with E-state index in [1.165, 1.54) is 16.7 Å². The van der Waals surface area contributed by atoms with Gasteiger partial charge in [0.15, 0.2) is 9.84 Å². The molecule has 1 N–H and O–H groups in total. The molecule has 0 bridgehead atoms. The van der Waals surface area contributed by atoms with E-state index in [0.717, 1.165) is 6.26 Å². The fourth-order valence-corrected chi connectivity index (χ4v) is 3.94. The molecule has 0 aliphatic carbocycles. The van der Waals surface area contributed by atoms with Crippen LogP contribution in [0.4, 0.5) is 0 Å². The predicted octanol–water partition coefficient (Wildman–Crippen LogP) is 0.0417. The first kappa shape index (κ1) is 15.3. The molecule has 2 atom stereocenters. The molecule has 0 saturated carbocycles.